The van der Waals surface area contributed by atoms with Crippen LogP contribution in [-0.4, -0.2) is 30.5 Å². The van der Waals surface area contributed by atoms with Crippen molar-refractivity contribution in [3.05, 3.63) is 35.9 Å². The highest BCUT2D eigenvalue weighted by Gasteiger charge is 2.37. The van der Waals surface area contributed by atoms with Crippen molar-refractivity contribution >= 4 is 0 Å². The second-order valence-corrected chi connectivity index (χ2v) is 5.14. The lowest BCUT2D eigenvalue weighted by atomic mass is 10.1. The molecular weight excluding hydrogens is 240 g/mol. The lowest BCUT2D eigenvalue weighted by molar-refractivity contribution is 0.104. The predicted molar refractivity (Wildman–Crippen MR) is 74.9 cm³/mol. The summed E-state index contributed by atoms with van der Waals surface area (Å²) < 4.78 is 11.2. The van der Waals surface area contributed by atoms with Crippen molar-refractivity contribution in [3.8, 4) is 0 Å². The standard InChI is InChI=1S/C16H24O3/c17-11-7-2-1-6-10-15-16(19-15)13-18-12-14-8-4-3-5-9-14/h3-5,8-9,15-17H,1-2,6-7,10-13H2/t15-,16+/m1/s1. The summed E-state index contributed by atoms with van der Waals surface area (Å²) in [6, 6.07) is 10.2. The molecule has 1 aromatic rings. The molecule has 0 saturated carbocycles. The lowest BCUT2D eigenvalue weighted by Crippen LogP contribution is -2.05. The molecule has 3 nitrogen and oxygen atoms in total. The second kappa shape index (κ2) is 8.31. The maximum absolute atomic E-state index is 8.68. The van der Waals surface area contributed by atoms with Gasteiger partial charge in [0.25, 0.3) is 0 Å². The van der Waals surface area contributed by atoms with Gasteiger partial charge >= 0.3 is 0 Å². The monoisotopic (exact) mass is 264 g/mol. The SMILES string of the molecule is OCCCCCC[C@H]1O[C@H]1COCc1ccccc1. The maximum atomic E-state index is 8.68. The van der Waals surface area contributed by atoms with Crippen LogP contribution in [0.3, 0.4) is 0 Å². The summed E-state index contributed by atoms with van der Waals surface area (Å²) in [5.74, 6) is 0. The van der Waals surface area contributed by atoms with Gasteiger partial charge in [0.05, 0.1) is 19.3 Å². The predicted octanol–water partition coefficient (Wildman–Crippen LogP) is 2.91. The summed E-state index contributed by atoms with van der Waals surface area (Å²) in [6.45, 7) is 1.69. The summed E-state index contributed by atoms with van der Waals surface area (Å²) in [7, 11) is 0. The number of aliphatic hydroxyl groups excluding tert-OH is 1. The van der Waals surface area contributed by atoms with E-state index in [-0.39, 0.29) is 0 Å². The van der Waals surface area contributed by atoms with E-state index < -0.39 is 0 Å². The average Bonchev–Trinajstić information content (AvgIpc) is 3.18. The number of hydrogen-bond acceptors (Lipinski definition) is 3. The van der Waals surface area contributed by atoms with Crippen LogP contribution in [-0.2, 0) is 16.1 Å². The second-order valence-electron chi connectivity index (χ2n) is 5.14. The molecule has 2 atom stereocenters. The van der Waals surface area contributed by atoms with Crippen molar-refractivity contribution in [2.75, 3.05) is 13.2 Å². The Labute approximate surface area is 115 Å². The van der Waals surface area contributed by atoms with Crippen molar-refractivity contribution in [2.24, 2.45) is 0 Å². The Bertz CT molecular complexity index is 339. The lowest BCUT2D eigenvalue weighted by Gasteiger charge is -2.02. The van der Waals surface area contributed by atoms with E-state index in [0.29, 0.717) is 32.0 Å². The molecule has 1 fully saturated rings. The fourth-order valence-corrected chi connectivity index (χ4v) is 2.26. The van der Waals surface area contributed by atoms with Gasteiger partial charge in [-0.2, -0.15) is 0 Å². The van der Waals surface area contributed by atoms with Crippen LogP contribution in [0, 0.1) is 0 Å². The highest BCUT2D eigenvalue weighted by atomic mass is 16.6. The molecule has 0 bridgehead atoms. The largest absolute Gasteiger partial charge is 0.396 e. The van der Waals surface area contributed by atoms with E-state index in [0.717, 1.165) is 19.3 Å². The van der Waals surface area contributed by atoms with E-state index >= 15 is 0 Å². The average molecular weight is 264 g/mol. The molecule has 0 unspecified atom stereocenters. The first-order chi connectivity index (χ1) is 9.40. The molecule has 106 valence electrons. The number of hydrogen-bond donors (Lipinski definition) is 1. The molecule has 0 aromatic heterocycles. The Morgan fingerprint density at radius 1 is 1.00 bits per heavy atom. The molecular formula is C16H24O3. The number of benzene rings is 1. The Morgan fingerprint density at radius 3 is 2.58 bits per heavy atom. The first-order valence-corrected chi connectivity index (χ1v) is 7.28. The van der Waals surface area contributed by atoms with Crippen molar-refractivity contribution in [3.63, 3.8) is 0 Å². The van der Waals surface area contributed by atoms with Crippen LogP contribution in [0.1, 0.15) is 37.7 Å². The minimum atomic E-state index is 0.307. The zero-order chi connectivity index (χ0) is 13.3. The van der Waals surface area contributed by atoms with E-state index in [1.165, 1.54) is 18.4 Å². The quantitative estimate of drug-likeness (QED) is 0.522. The summed E-state index contributed by atoms with van der Waals surface area (Å²) in [4.78, 5) is 0. The van der Waals surface area contributed by atoms with Gasteiger partial charge in [-0.3, -0.25) is 0 Å². The number of aliphatic hydroxyl groups is 1. The van der Waals surface area contributed by atoms with E-state index in [4.69, 9.17) is 14.6 Å². The molecule has 1 N–H and O–H groups in total. The molecule has 0 radical (unpaired) electrons. The molecule has 0 amide bonds. The number of rotatable bonds is 10. The summed E-state index contributed by atoms with van der Waals surface area (Å²) in [6.07, 6.45) is 6.28. The third-order valence-corrected chi connectivity index (χ3v) is 3.48. The van der Waals surface area contributed by atoms with E-state index in [9.17, 15) is 0 Å². The molecule has 19 heavy (non-hydrogen) atoms. The van der Waals surface area contributed by atoms with Crippen molar-refractivity contribution in [1.82, 2.24) is 0 Å². The van der Waals surface area contributed by atoms with Crippen LogP contribution in [0.25, 0.3) is 0 Å². The van der Waals surface area contributed by atoms with E-state index in [1.54, 1.807) is 0 Å². The highest BCUT2D eigenvalue weighted by molar-refractivity contribution is 5.13. The van der Waals surface area contributed by atoms with Gasteiger partial charge in [-0.05, 0) is 18.4 Å². The fraction of sp³-hybridized carbons (Fsp3) is 0.625. The molecule has 2 rings (SSSR count). The van der Waals surface area contributed by atoms with E-state index in [1.807, 2.05) is 18.2 Å². The topological polar surface area (TPSA) is 42.0 Å². The number of epoxide rings is 1. The normalized spacial score (nSPS) is 21.5. The molecule has 1 aliphatic rings. The summed E-state index contributed by atoms with van der Waals surface area (Å²) in [5.41, 5.74) is 1.21. The van der Waals surface area contributed by atoms with Crippen LogP contribution >= 0.6 is 0 Å². The van der Waals surface area contributed by atoms with Crippen LogP contribution in [0.5, 0.6) is 0 Å². The van der Waals surface area contributed by atoms with Gasteiger partial charge in [0.15, 0.2) is 0 Å². The Morgan fingerprint density at radius 2 is 1.79 bits per heavy atom. The van der Waals surface area contributed by atoms with Crippen LogP contribution in [0.15, 0.2) is 30.3 Å². The minimum absolute atomic E-state index is 0.307. The van der Waals surface area contributed by atoms with Gasteiger partial charge in [0.1, 0.15) is 6.10 Å². The van der Waals surface area contributed by atoms with Crippen LogP contribution in [0.2, 0.25) is 0 Å². The molecule has 0 spiro atoms. The molecule has 1 aromatic carbocycles. The molecule has 1 aliphatic heterocycles. The van der Waals surface area contributed by atoms with Crippen molar-refractivity contribution in [2.45, 2.75) is 50.9 Å². The smallest absolute Gasteiger partial charge is 0.107 e. The van der Waals surface area contributed by atoms with Gasteiger partial charge in [-0.25, -0.2) is 0 Å². The van der Waals surface area contributed by atoms with Gasteiger partial charge in [-0.1, -0.05) is 49.6 Å². The van der Waals surface area contributed by atoms with Gasteiger partial charge in [-0.15, -0.1) is 0 Å². The minimum Gasteiger partial charge on any atom is -0.396 e. The zero-order valence-corrected chi connectivity index (χ0v) is 11.5. The van der Waals surface area contributed by atoms with Crippen molar-refractivity contribution in [1.29, 1.82) is 0 Å². The van der Waals surface area contributed by atoms with Crippen molar-refractivity contribution < 1.29 is 14.6 Å². The van der Waals surface area contributed by atoms with Gasteiger partial charge in [0.2, 0.25) is 0 Å². The molecule has 1 saturated heterocycles. The Hall–Kier alpha value is -0.900. The highest BCUT2D eigenvalue weighted by Crippen LogP contribution is 2.27. The molecule has 3 heteroatoms. The Balaban J connectivity index is 1.46. The molecule has 1 heterocycles. The summed E-state index contributed by atoms with van der Waals surface area (Å²) in [5, 5.41) is 8.68. The number of ether oxygens (including phenoxy) is 2. The van der Waals surface area contributed by atoms with Crippen LogP contribution in [0.4, 0.5) is 0 Å². The van der Waals surface area contributed by atoms with E-state index in [2.05, 4.69) is 12.1 Å². The molecule has 0 aliphatic carbocycles. The van der Waals surface area contributed by atoms with Crippen LogP contribution < -0.4 is 0 Å². The maximum Gasteiger partial charge on any atom is 0.107 e. The summed E-state index contributed by atoms with van der Waals surface area (Å²) >= 11 is 0. The third-order valence-electron chi connectivity index (χ3n) is 3.48. The third kappa shape index (κ3) is 5.72. The van der Waals surface area contributed by atoms with Gasteiger partial charge in [0, 0.05) is 6.61 Å². The zero-order valence-electron chi connectivity index (χ0n) is 11.5. The van der Waals surface area contributed by atoms with Gasteiger partial charge < -0.3 is 14.6 Å². The fourth-order valence-electron chi connectivity index (χ4n) is 2.26. The number of unbranched alkanes of at least 4 members (excludes halogenated alkanes) is 3. The first kappa shape index (κ1) is 14.5. The Kier molecular flexibility index (Phi) is 6.34. The first-order valence-electron chi connectivity index (χ1n) is 7.28.